The molecular formula is C16H18N8O. The van der Waals surface area contributed by atoms with E-state index < -0.39 is 0 Å². The number of anilines is 2. The minimum Gasteiger partial charge on any atom is -0.355 e. The predicted molar refractivity (Wildman–Crippen MR) is 91.1 cm³/mol. The molecule has 4 heterocycles. The molecule has 0 unspecified atom stereocenters. The van der Waals surface area contributed by atoms with Crippen LogP contribution in [-0.4, -0.2) is 49.2 Å². The van der Waals surface area contributed by atoms with Gasteiger partial charge in [-0.05, 0) is 60.0 Å². The number of hydrogen-bond acceptors (Lipinski definition) is 7. The minimum absolute atomic E-state index is 0.0182. The number of nitrogens with one attached hydrogen (secondary N) is 1. The Morgan fingerprint density at radius 1 is 1.24 bits per heavy atom. The summed E-state index contributed by atoms with van der Waals surface area (Å²) >= 11 is 0. The highest BCUT2D eigenvalue weighted by molar-refractivity contribution is 5.91. The number of carbonyl (C=O) groups is 1. The third-order valence-electron chi connectivity index (χ3n) is 4.41. The summed E-state index contributed by atoms with van der Waals surface area (Å²) < 4.78 is 1.41. The van der Waals surface area contributed by atoms with Crippen LogP contribution in [0.4, 0.5) is 11.6 Å². The molecule has 0 bridgehead atoms. The normalized spacial score (nSPS) is 15.5. The van der Waals surface area contributed by atoms with Gasteiger partial charge in [0.25, 0.3) is 0 Å². The van der Waals surface area contributed by atoms with Crippen molar-refractivity contribution < 1.29 is 4.79 Å². The van der Waals surface area contributed by atoms with Crippen molar-refractivity contribution in [1.82, 2.24) is 30.2 Å². The maximum absolute atomic E-state index is 12.4. The summed E-state index contributed by atoms with van der Waals surface area (Å²) in [5.41, 5.74) is 1.69. The molecule has 0 aromatic carbocycles. The maximum Gasteiger partial charge on any atom is 0.228 e. The zero-order valence-corrected chi connectivity index (χ0v) is 13.8. The zero-order valence-electron chi connectivity index (χ0n) is 13.8. The second-order valence-electron chi connectivity index (χ2n) is 6.19. The first-order chi connectivity index (χ1) is 12.2. The van der Waals surface area contributed by atoms with Crippen LogP contribution in [0.25, 0.3) is 5.65 Å². The number of pyridine rings is 1. The molecule has 4 rings (SSSR count). The van der Waals surface area contributed by atoms with E-state index in [9.17, 15) is 4.79 Å². The molecule has 25 heavy (non-hydrogen) atoms. The third-order valence-corrected chi connectivity index (χ3v) is 4.41. The summed E-state index contributed by atoms with van der Waals surface area (Å²) in [5, 5.41) is 18.6. The number of nitrogens with zero attached hydrogens (tertiary/aromatic N) is 7. The molecule has 3 aromatic heterocycles. The Hall–Kier alpha value is -3.10. The van der Waals surface area contributed by atoms with Gasteiger partial charge in [-0.25, -0.2) is 4.98 Å². The topological polar surface area (TPSA) is 101 Å². The van der Waals surface area contributed by atoms with E-state index in [1.807, 2.05) is 31.2 Å². The number of piperidine rings is 1. The summed E-state index contributed by atoms with van der Waals surface area (Å²) in [4.78, 5) is 18.8. The summed E-state index contributed by atoms with van der Waals surface area (Å²) in [6, 6.07) is 7.52. The molecule has 0 saturated carbocycles. The minimum atomic E-state index is -0.0182. The molecule has 1 amide bonds. The van der Waals surface area contributed by atoms with Crippen molar-refractivity contribution in [3.05, 3.63) is 36.0 Å². The summed E-state index contributed by atoms with van der Waals surface area (Å²) in [7, 11) is 0. The first kappa shape index (κ1) is 15.4. The number of hydrogen-bond donors (Lipinski definition) is 1. The summed E-state index contributed by atoms with van der Waals surface area (Å²) in [6.45, 7) is 3.50. The average molecular weight is 338 g/mol. The number of rotatable bonds is 3. The highest BCUT2D eigenvalue weighted by atomic mass is 16.1. The van der Waals surface area contributed by atoms with Crippen LogP contribution in [0, 0.1) is 12.8 Å². The third kappa shape index (κ3) is 3.25. The van der Waals surface area contributed by atoms with E-state index in [0.717, 1.165) is 37.3 Å². The molecular weight excluding hydrogens is 320 g/mol. The van der Waals surface area contributed by atoms with Crippen LogP contribution in [0.2, 0.25) is 0 Å². The lowest BCUT2D eigenvalue weighted by Crippen LogP contribution is -2.38. The van der Waals surface area contributed by atoms with E-state index >= 15 is 0 Å². The van der Waals surface area contributed by atoms with Gasteiger partial charge in [-0.15, -0.1) is 14.8 Å². The van der Waals surface area contributed by atoms with Gasteiger partial charge in [0.1, 0.15) is 5.82 Å². The highest BCUT2D eigenvalue weighted by Gasteiger charge is 2.26. The Morgan fingerprint density at radius 2 is 2.08 bits per heavy atom. The summed E-state index contributed by atoms with van der Waals surface area (Å²) in [6.07, 6.45) is 3.24. The lowest BCUT2D eigenvalue weighted by Gasteiger charge is -2.31. The predicted octanol–water partition coefficient (Wildman–Crippen LogP) is 1.08. The molecule has 1 saturated heterocycles. The number of amides is 1. The van der Waals surface area contributed by atoms with Crippen LogP contribution in [0.15, 0.2) is 30.5 Å². The van der Waals surface area contributed by atoms with Crippen molar-refractivity contribution in [3.63, 3.8) is 0 Å². The Labute approximate surface area is 144 Å². The molecule has 3 aromatic rings. The molecule has 9 nitrogen and oxygen atoms in total. The van der Waals surface area contributed by atoms with Gasteiger partial charge in [0.15, 0.2) is 11.5 Å². The van der Waals surface area contributed by atoms with Crippen molar-refractivity contribution in [1.29, 1.82) is 0 Å². The van der Waals surface area contributed by atoms with Crippen LogP contribution in [0.3, 0.4) is 0 Å². The van der Waals surface area contributed by atoms with Crippen molar-refractivity contribution in [2.24, 2.45) is 5.92 Å². The Kier molecular flexibility index (Phi) is 3.96. The second kappa shape index (κ2) is 6.42. The Bertz CT molecular complexity index is 900. The van der Waals surface area contributed by atoms with Crippen LogP contribution >= 0.6 is 0 Å². The van der Waals surface area contributed by atoms with E-state index in [-0.39, 0.29) is 11.8 Å². The summed E-state index contributed by atoms with van der Waals surface area (Å²) in [5.74, 6) is 1.44. The van der Waals surface area contributed by atoms with Crippen LogP contribution in [-0.2, 0) is 4.79 Å². The maximum atomic E-state index is 12.4. The second-order valence-corrected chi connectivity index (χ2v) is 6.19. The van der Waals surface area contributed by atoms with Crippen molar-refractivity contribution in [2.75, 3.05) is 23.3 Å². The van der Waals surface area contributed by atoms with E-state index in [1.165, 1.54) is 4.63 Å². The van der Waals surface area contributed by atoms with Crippen LogP contribution < -0.4 is 10.2 Å². The number of tetrazole rings is 1. The Morgan fingerprint density at radius 3 is 2.88 bits per heavy atom. The Balaban J connectivity index is 1.38. The van der Waals surface area contributed by atoms with Gasteiger partial charge in [0.05, 0.1) is 0 Å². The van der Waals surface area contributed by atoms with Gasteiger partial charge in [-0.1, -0.05) is 0 Å². The molecule has 0 aliphatic carbocycles. The van der Waals surface area contributed by atoms with E-state index in [2.05, 4.69) is 35.8 Å². The van der Waals surface area contributed by atoms with Gasteiger partial charge >= 0.3 is 0 Å². The average Bonchev–Trinajstić information content (AvgIpc) is 3.09. The fourth-order valence-corrected chi connectivity index (χ4v) is 3.01. The molecule has 1 N–H and O–H groups in total. The molecule has 9 heteroatoms. The molecule has 1 aliphatic heterocycles. The van der Waals surface area contributed by atoms with Gasteiger partial charge in [0, 0.05) is 25.2 Å². The number of fused-ring (bicyclic) bond motifs is 1. The van der Waals surface area contributed by atoms with Crippen molar-refractivity contribution in [3.8, 4) is 0 Å². The van der Waals surface area contributed by atoms with Crippen molar-refractivity contribution >= 4 is 23.2 Å². The zero-order chi connectivity index (χ0) is 17.2. The first-order valence-electron chi connectivity index (χ1n) is 8.23. The fraction of sp³-hybridized carbons (Fsp3) is 0.375. The van der Waals surface area contributed by atoms with Gasteiger partial charge in [0.2, 0.25) is 5.91 Å². The van der Waals surface area contributed by atoms with Gasteiger partial charge in [-0.2, -0.15) is 0 Å². The largest absolute Gasteiger partial charge is 0.355 e. The molecule has 128 valence electrons. The molecule has 1 fully saturated rings. The molecule has 0 spiro atoms. The quantitative estimate of drug-likeness (QED) is 0.762. The molecule has 1 aliphatic rings. The smallest absolute Gasteiger partial charge is 0.228 e. The molecule has 0 atom stereocenters. The van der Waals surface area contributed by atoms with E-state index in [0.29, 0.717) is 11.5 Å². The lowest BCUT2D eigenvalue weighted by molar-refractivity contribution is -0.120. The van der Waals surface area contributed by atoms with Gasteiger partial charge < -0.3 is 10.2 Å². The van der Waals surface area contributed by atoms with Crippen LogP contribution in [0.5, 0.6) is 0 Å². The lowest BCUT2D eigenvalue weighted by atomic mass is 9.96. The highest BCUT2D eigenvalue weighted by Crippen LogP contribution is 2.23. The number of aryl methyl sites for hydroxylation is 1. The SMILES string of the molecule is Cc1ccnc(NC(=O)C2CCN(c3ccc4nnnn4n3)CC2)c1. The van der Waals surface area contributed by atoms with E-state index in [1.54, 1.807) is 6.20 Å². The fourth-order valence-electron chi connectivity index (χ4n) is 3.01. The number of aromatic nitrogens is 6. The number of carbonyl (C=O) groups excluding carboxylic acids is 1. The van der Waals surface area contributed by atoms with Crippen LogP contribution in [0.1, 0.15) is 18.4 Å². The monoisotopic (exact) mass is 338 g/mol. The van der Waals surface area contributed by atoms with E-state index in [4.69, 9.17) is 0 Å². The molecule has 0 radical (unpaired) electrons. The first-order valence-corrected chi connectivity index (χ1v) is 8.23. The van der Waals surface area contributed by atoms with Crippen molar-refractivity contribution in [2.45, 2.75) is 19.8 Å². The van der Waals surface area contributed by atoms with Gasteiger partial charge in [-0.3, -0.25) is 4.79 Å². The standard InChI is InChI=1S/C16H18N8O/c1-11-4-7-17-13(10-11)18-16(25)12-5-8-23(9-6-12)15-3-2-14-19-21-22-24(14)20-15/h2-4,7,10,12H,5-6,8-9H2,1H3,(H,17,18,25).